The van der Waals surface area contributed by atoms with Crippen molar-refractivity contribution in [3.63, 3.8) is 0 Å². The fourth-order valence-electron chi connectivity index (χ4n) is 4.00. The first-order valence-corrected chi connectivity index (χ1v) is 12.0. The van der Waals surface area contributed by atoms with Crippen molar-refractivity contribution in [3.05, 3.63) is 94.2 Å². The number of ether oxygens (including phenoxy) is 2. The van der Waals surface area contributed by atoms with Crippen LogP contribution in [0.1, 0.15) is 53.8 Å². The van der Waals surface area contributed by atoms with E-state index < -0.39 is 0 Å². The maximum absolute atomic E-state index is 13.2. The van der Waals surface area contributed by atoms with Crippen molar-refractivity contribution < 1.29 is 23.3 Å². The number of benzene rings is 2. The molecule has 2 heterocycles. The van der Waals surface area contributed by atoms with E-state index in [0.29, 0.717) is 34.9 Å². The third-order valence-electron chi connectivity index (χ3n) is 5.79. The van der Waals surface area contributed by atoms with Gasteiger partial charge in [-0.3, -0.25) is 4.79 Å². The Balaban J connectivity index is 1.20. The van der Waals surface area contributed by atoms with E-state index in [1.165, 1.54) is 0 Å². The summed E-state index contributed by atoms with van der Waals surface area (Å²) in [4.78, 5) is 21.4. The molecule has 0 saturated heterocycles. The van der Waals surface area contributed by atoms with Crippen LogP contribution < -0.4 is 9.47 Å². The van der Waals surface area contributed by atoms with Gasteiger partial charge in [0.15, 0.2) is 19.0 Å². The zero-order valence-corrected chi connectivity index (χ0v) is 20.6. The molecule has 1 fully saturated rings. The molecule has 0 spiro atoms. The molecule has 5 rings (SSSR count). The van der Waals surface area contributed by atoms with Gasteiger partial charge in [-0.15, -0.1) is 0 Å². The zero-order chi connectivity index (χ0) is 25.6. The van der Waals surface area contributed by atoms with E-state index in [1.54, 1.807) is 13.8 Å². The first-order valence-electron chi connectivity index (χ1n) is 12.0. The lowest BCUT2D eigenvalue weighted by Crippen LogP contribution is -2.12. The van der Waals surface area contributed by atoms with Gasteiger partial charge < -0.3 is 18.5 Å². The predicted octanol–water partition coefficient (Wildman–Crippen LogP) is 5.45. The molecule has 0 amide bonds. The molecule has 1 aliphatic rings. The molecule has 188 valence electrons. The minimum Gasteiger partial charge on any atom is -0.485 e. The van der Waals surface area contributed by atoms with Crippen LogP contribution in [0.4, 0.5) is 0 Å². The Bertz CT molecular complexity index is 1320. The highest BCUT2D eigenvalue weighted by atomic mass is 16.5. The normalized spacial score (nSPS) is 15.9. The summed E-state index contributed by atoms with van der Waals surface area (Å²) in [6.45, 7) is 3.93. The molecule has 2 aromatic carbocycles. The quantitative estimate of drug-likeness (QED) is 0.293. The lowest BCUT2D eigenvalue weighted by atomic mass is 9.87. The van der Waals surface area contributed by atoms with Gasteiger partial charge in [-0.05, 0) is 66.8 Å². The van der Waals surface area contributed by atoms with Crippen molar-refractivity contribution in [3.8, 4) is 11.5 Å². The van der Waals surface area contributed by atoms with Gasteiger partial charge in [0.1, 0.15) is 11.5 Å². The predicted molar refractivity (Wildman–Crippen MR) is 134 cm³/mol. The minimum absolute atomic E-state index is 0.0897. The second-order valence-corrected chi connectivity index (χ2v) is 8.70. The van der Waals surface area contributed by atoms with E-state index in [0.717, 1.165) is 41.5 Å². The van der Waals surface area contributed by atoms with Gasteiger partial charge in [-0.1, -0.05) is 34.6 Å². The average Bonchev–Trinajstić information content (AvgIpc) is 3.53. The monoisotopic (exact) mass is 498 g/mol. The fourth-order valence-corrected chi connectivity index (χ4v) is 4.00. The summed E-state index contributed by atoms with van der Waals surface area (Å²) < 4.78 is 21.3. The number of carbonyl (C=O) groups excluding carboxylic acids is 1. The number of carbonyl (C=O) groups is 1. The highest BCUT2D eigenvalue weighted by molar-refractivity contribution is 6.13. The van der Waals surface area contributed by atoms with Crippen LogP contribution in [0.15, 0.2) is 68.7 Å². The Morgan fingerprint density at radius 1 is 0.730 bits per heavy atom. The molecule has 0 radical (unpaired) electrons. The number of rotatable bonds is 8. The van der Waals surface area contributed by atoms with Gasteiger partial charge in [-0.2, -0.15) is 9.97 Å². The highest BCUT2D eigenvalue weighted by Gasteiger charge is 2.20. The number of hydrogen-bond donors (Lipinski definition) is 0. The Morgan fingerprint density at radius 2 is 1.16 bits per heavy atom. The first-order chi connectivity index (χ1) is 18.0. The number of Topliss-reactive ketones (excluding diaryl/α,β-unsaturated/α-hetero) is 1. The molecule has 1 aliphatic carbocycles. The molecular formula is C28H26N4O5. The molecule has 37 heavy (non-hydrogen) atoms. The zero-order valence-electron chi connectivity index (χ0n) is 20.6. The molecule has 0 unspecified atom stereocenters. The highest BCUT2D eigenvalue weighted by Crippen LogP contribution is 2.29. The van der Waals surface area contributed by atoms with Crippen LogP contribution in [-0.2, 0) is 18.0 Å². The van der Waals surface area contributed by atoms with Crippen LogP contribution in [-0.4, -0.2) is 26.1 Å². The van der Waals surface area contributed by atoms with Crippen molar-refractivity contribution in [2.45, 2.75) is 46.3 Å². The molecular weight excluding hydrogens is 472 g/mol. The SMILES string of the molecule is Cc1nc(COc2ccc(/C=C3/CCC/C(=C\c4ccc(OCc5noc(C)n5)cc4)C3=O)cc2)no1. The fraction of sp³-hybridized carbons (Fsp3) is 0.250. The number of aryl methyl sites for hydroxylation is 2. The van der Waals surface area contributed by atoms with Crippen molar-refractivity contribution in [1.82, 2.24) is 20.3 Å². The van der Waals surface area contributed by atoms with Crippen LogP contribution in [0.2, 0.25) is 0 Å². The van der Waals surface area contributed by atoms with E-state index in [1.807, 2.05) is 60.7 Å². The van der Waals surface area contributed by atoms with Crippen molar-refractivity contribution in [1.29, 1.82) is 0 Å². The topological polar surface area (TPSA) is 113 Å². The molecule has 0 bridgehead atoms. The second kappa shape index (κ2) is 11.0. The summed E-state index contributed by atoms with van der Waals surface area (Å²) in [5, 5.41) is 7.64. The number of hydrogen-bond acceptors (Lipinski definition) is 9. The van der Waals surface area contributed by atoms with E-state index in [-0.39, 0.29) is 19.0 Å². The second-order valence-electron chi connectivity index (χ2n) is 8.70. The van der Waals surface area contributed by atoms with Crippen LogP contribution in [0, 0.1) is 13.8 Å². The van der Waals surface area contributed by atoms with Gasteiger partial charge in [0.05, 0.1) is 0 Å². The van der Waals surface area contributed by atoms with Crippen molar-refractivity contribution >= 4 is 17.9 Å². The summed E-state index contributed by atoms with van der Waals surface area (Å²) in [6, 6.07) is 15.2. The Labute approximate surface area is 213 Å². The maximum Gasteiger partial charge on any atom is 0.223 e. The summed E-state index contributed by atoms with van der Waals surface area (Å²) in [5.74, 6) is 3.48. The van der Waals surface area contributed by atoms with Gasteiger partial charge in [-0.25, -0.2) is 0 Å². The smallest absolute Gasteiger partial charge is 0.223 e. The summed E-state index contributed by atoms with van der Waals surface area (Å²) in [6.07, 6.45) is 6.36. The van der Waals surface area contributed by atoms with Gasteiger partial charge in [0.2, 0.25) is 23.4 Å². The lowest BCUT2D eigenvalue weighted by Gasteiger charge is -2.17. The molecule has 1 saturated carbocycles. The Hall–Kier alpha value is -4.53. The molecule has 0 aliphatic heterocycles. The van der Waals surface area contributed by atoms with Crippen LogP contribution in [0.25, 0.3) is 12.2 Å². The Kier molecular flexibility index (Phi) is 7.21. The minimum atomic E-state index is 0.0897. The van der Waals surface area contributed by atoms with E-state index in [9.17, 15) is 4.79 Å². The van der Waals surface area contributed by atoms with Crippen molar-refractivity contribution in [2.75, 3.05) is 0 Å². The number of nitrogens with zero attached hydrogens (tertiary/aromatic N) is 4. The van der Waals surface area contributed by atoms with Gasteiger partial charge >= 0.3 is 0 Å². The molecule has 9 nitrogen and oxygen atoms in total. The summed E-state index contributed by atoms with van der Waals surface area (Å²) in [5.41, 5.74) is 3.52. The van der Waals surface area contributed by atoms with Crippen molar-refractivity contribution in [2.24, 2.45) is 0 Å². The molecule has 9 heteroatoms. The van der Waals surface area contributed by atoms with Gasteiger partial charge in [0, 0.05) is 25.0 Å². The number of allylic oxidation sites excluding steroid dienone is 2. The maximum atomic E-state index is 13.2. The van der Waals surface area contributed by atoms with E-state index in [4.69, 9.17) is 18.5 Å². The Morgan fingerprint density at radius 3 is 1.54 bits per heavy atom. The molecule has 0 N–H and O–H groups in total. The van der Waals surface area contributed by atoms with Crippen LogP contribution >= 0.6 is 0 Å². The molecule has 0 atom stereocenters. The number of ketones is 1. The third kappa shape index (κ3) is 6.38. The number of aromatic nitrogens is 4. The van der Waals surface area contributed by atoms with E-state index in [2.05, 4.69) is 20.3 Å². The summed E-state index contributed by atoms with van der Waals surface area (Å²) in [7, 11) is 0. The van der Waals surface area contributed by atoms with Crippen LogP contribution in [0.5, 0.6) is 11.5 Å². The largest absolute Gasteiger partial charge is 0.485 e. The molecule has 4 aromatic rings. The van der Waals surface area contributed by atoms with Crippen LogP contribution in [0.3, 0.4) is 0 Å². The van der Waals surface area contributed by atoms with Gasteiger partial charge in [0.25, 0.3) is 0 Å². The first kappa shape index (κ1) is 24.2. The third-order valence-corrected chi connectivity index (χ3v) is 5.79. The lowest BCUT2D eigenvalue weighted by molar-refractivity contribution is -0.112. The molecule has 2 aromatic heterocycles. The van der Waals surface area contributed by atoms with E-state index >= 15 is 0 Å². The summed E-state index contributed by atoms with van der Waals surface area (Å²) >= 11 is 0. The average molecular weight is 499 g/mol. The standard InChI is InChI=1S/C28H26N4O5/c1-18-29-26(31-36-18)16-34-24-10-6-20(7-11-24)14-22-4-3-5-23(28(22)33)15-21-8-12-25(13-9-21)35-17-27-30-19(2)37-32-27/h6-15H,3-5,16-17H2,1-2H3/b22-14-,23-15+.